The zero-order valence-electron chi connectivity index (χ0n) is 16.5. The van der Waals surface area contributed by atoms with E-state index >= 15 is 0 Å². The summed E-state index contributed by atoms with van der Waals surface area (Å²) in [6.07, 6.45) is -2.40. The highest BCUT2D eigenvalue weighted by Crippen LogP contribution is 2.35. The van der Waals surface area contributed by atoms with Gasteiger partial charge in [0.25, 0.3) is 5.91 Å². The quantitative estimate of drug-likeness (QED) is 0.616. The lowest BCUT2D eigenvalue weighted by atomic mass is 10.1. The van der Waals surface area contributed by atoms with Gasteiger partial charge in [0.15, 0.2) is 0 Å². The Morgan fingerprint density at radius 1 is 1.10 bits per heavy atom. The molecule has 164 valence electrons. The number of alkyl halides is 3. The lowest BCUT2D eigenvalue weighted by Gasteiger charge is -2.15. The molecule has 2 aromatic carbocycles. The Kier molecular flexibility index (Phi) is 7.85. The van der Waals surface area contributed by atoms with Crippen LogP contribution in [0.2, 0.25) is 0 Å². The number of rotatable bonds is 9. The van der Waals surface area contributed by atoms with Crippen molar-refractivity contribution in [3.05, 3.63) is 59.2 Å². The first-order valence-corrected chi connectivity index (χ1v) is 11.1. The number of anilines is 1. The van der Waals surface area contributed by atoms with E-state index in [1.54, 1.807) is 12.1 Å². The van der Waals surface area contributed by atoms with Crippen LogP contribution in [0.4, 0.5) is 18.9 Å². The molecule has 2 rings (SSSR count). The Hall–Kier alpha value is -2.59. The van der Waals surface area contributed by atoms with E-state index < -0.39 is 27.7 Å². The maximum absolute atomic E-state index is 13.0. The molecule has 2 N–H and O–H groups in total. The predicted molar refractivity (Wildman–Crippen MR) is 108 cm³/mol. The molecule has 0 spiro atoms. The highest BCUT2D eigenvalue weighted by molar-refractivity contribution is 7.88. The van der Waals surface area contributed by atoms with Crippen LogP contribution in [0.25, 0.3) is 0 Å². The van der Waals surface area contributed by atoms with Gasteiger partial charge in [-0.15, -0.1) is 0 Å². The summed E-state index contributed by atoms with van der Waals surface area (Å²) in [7, 11) is -3.28. The Bertz CT molecular complexity index is 975. The second-order valence-corrected chi connectivity index (χ2v) is 8.46. The van der Waals surface area contributed by atoms with Gasteiger partial charge in [0, 0.05) is 12.1 Å². The molecule has 0 heterocycles. The van der Waals surface area contributed by atoms with Crippen molar-refractivity contribution in [3.8, 4) is 5.75 Å². The van der Waals surface area contributed by atoms with Crippen LogP contribution in [0.5, 0.6) is 5.75 Å². The highest BCUT2D eigenvalue weighted by Gasteiger charge is 2.31. The second-order valence-electron chi connectivity index (χ2n) is 6.62. The van der Waals surface area contributed by atoms with Gasteiger partial charge in [0.1, 0.15) is 5.75 Å². The molecule has 0 unspecified atom stereocenters. The summed E-state index contributed by atoms with van der Waals surface area (Å²) in [6.45, 7) is 2.37. The normalized spacial score (nSPS) is 11.9. The summed E-state index contributed by atoms with van der Waals surface area (Å²) >= 11 is 0. The van der Waals surface area contributed by atoms with Crippen LogP contribution in [0.3, 0.4) is 0 Å². The first-order valence-electron chi connectivity index (χ1n) is 9.18. The summed E-state index contributed by atoms with van der Waals surface area (Å²) in [6, 6.07) is 9.27. The summed E-state index contributed by atoms with van der Waals surface area (Å²) in [5.41, 5.74) is 0.0856. The number of nitrogens with one attached hydrogen (secondary N) is 2. The van der Waals surface area contributed by atoms with E-state index in [1.807, 2.05) is 6.92 Å². The smallest absolute Gasteiger partial charge is 0.416 e. The van der Waals surface area contributed by atoms with Crippen LogP contribution < -0.4 is 14.8 Å². The molecular formula is C20H23F3N2O4S. The van der Waals surface area contributed by atoms with E-state index in [4.69, 9.17) is 4.74 Å². The SMILES string of the molecule is CCCOc1ccc(C(F)(F)F)cc1NC(=O)c1ccc(CCNS(C)(=O)=O)cc1. The molecule has 1 amide bonds. The number of ether oxygens (including phenoxy) is 1. The van der Waals surface area contributed by atoms with E-state index in [1.165, 1.54) is 18.2 Å². The first-order chi connectivity index (χ1) is 14.0. The van der Waals surface area contributed by atoms with Gasteiger partial charge in [-0.3, -0.25) is 4.79 Å². The third kappa shape index (κ3) is 7.34. The van der Waals surface area contributed by atoms with Crippen LogP contribution >= 0.6 is 0 Å². The van der Waals surface area contributed by atoms with E-state index in [0.29, 0.717) is 19.4 Å². The molecule has 30 heavy (non-hydrogen) atoms. The van der Waals surface area contributed by atoms with Gasteiger partial charge in [-0.25, -0.2) is 13.1 Å². The number of carbonyl (C=O) groups is 1. The lowest BCUT2D eigenvalue weighted by molar-refractivity contribution is -0.137. The van der Waals surface area contributed by atoms with Crippen molar-refractivity contribution in [1.82, 2.24) is 4.72 Å². The summed E-state index contributed by atoms with van der Waals surface area (Å²) in [5, 5.41) is 2.48. The molecule has 0 atom stereocenters. The Labute approximate surface area is 173 Å². The summed E-state index contributed by atoms with van der Waals surface area (Å²) in [5.74, 6) is -0.432. The van der Waals surface area contributed by atoms with E-state index in [-0.39, 0.29) is 23.5 Å². The van der Waals surface area contributed by atoms with Crippen LogP contribution in [-0.4, -0.2) is 33.7 Å². The van der Waals surface area contributed by atoms with Crippen molar-refractivity contribution in [2.45, 2.75) is 25.9 Å². The molecule has 0 aliphatic rings. The molecule has 0 aromatic heterocycles. The average Bonchev–Trinajstić information content (AvgIpc) is 2.65. The molecule has 0 saturated carbocycles. The molecular weight excluding hydrogens is 421 g/mol. The molecule has 0 saturated heterocycles. The largest absolute Gasteiger partial charge is 0.491 e. The van der Waals surface area contributed by atoms with Crippen LogP contribution in [0.1, 0.15) is 34.8 Å². The van der Waals surface area contributed by atoms with Crippen molar-refractivity contribution in [2.24, 2.45) is 0 Å². The lowest BCUT2D eigenvalue weighted by Crippen LogP contribution is -2.24. The van der Waals surface area contributed by atoms with Crippen LogP contribution in [-0.2, 0) is 22.6 Å². The van der Waals surface area contributed by atoms with Crippen molar-refractivity contribution in [3.63, 3.8) is 0 Å². The zero-order valence-corrected chi connectivity index (χ0v) is 17.4. The molecule has 0 fully saturated rings. The predicted octanol–water partition coefficient (Wildman–Crippen LogP) is 3.84. The number of halogens is 3. The number of amides is 1. The minimum absolute atomic E-state index is 0.0651. The standard InChI is InChI=1S/C20H23F3N2O4S/c1-3-12-29-18-9-8-16(20(21,22)23)13-17(18)25-19(26)15-6-4-14(5-7-15)10-11-24-30(2,27)28/h4-9,13,24H,3,10-12H2,1-2H3,(H,25,26). The van der Waals surface area contributed by atoms with E-state index in [2.05, 4.69) is 10.0 Å². The number of carbonyl (C=O) groups excluding carboxylic acids is 1. The Morgan fingerprint density at radius 3 is 2.33 bits per heavy atom. The number of benzene rings is 2. The fourth-order valence-corrected chi connectivity index (χ4v) is 3.01. The third-order valence-corrected chi connectivity index (χ3v) is 4.74. The molecule has 10 heteroatoms. The Balaban J connectivity index is 2.13. The van der Waals surface area contributed by atoms with E-state index in [9.17, 15) is 26.4 Å². The minimum atomic E-state index is -4.55. The molecule has 0 radical (unpaired) electrons. The fourth-order valence-electron chi connectivity index (χ4n) is 2.54. The molecule has 0 aliphatic heterocycles. The van der Waals surface area contributed by atoms with Gasteiger partial charge < -0.3 is 10.1 Å². The Morgan fingerprint density at radius 2 is 1.77 bits per heavy atom. The topological polar surface area (TPSA) is 84.5 Å². The van der Waals surface area contributed by atoms with Gasteiger partial charge in [-0.05, 0) is 48.7 Å². The molecule has 0 aliphatic carbocycles. The van der Waals surface area contributed by atoms with Gasteiger partial charge in [0.05, 0.1) is 24.1 Å². The monoisotopic (exact) mass is 444 g/mol. The molecule has 6 nitrogen and oxygen atoms in total. The molecule has 0 bridgehead atoms. The van der Waals surface area contributed by atoms with Crippen LogP contribution in [0, 0.1) is 0 Å². The number of hydrogen-bond donors (Lipinski definition) is 2. The fraction of sp³-hybridized carbons (Fsp3) is 0.350. The van der Waals surface area contributed by atoms with Crippen molar-refractivity contribution >= 4 is 21.6 Å². The van der Waals surface area contributed by atoms with Gasteiger partial charge in [0.2, 0.25) is 10.0 Å². The maximum atomic E-state index is 13.0. The zero-order chi connectivity index (χ0) is 22.4. The number of sulfonamides is 1. The highest BCUT2D eigenvalue weighted by atomic mass is 32.2. The van der Waals surface area contributed by atoms with E-state index in [0.717, 1.165) is 24.0 Å². The van der Waals surface area contributed by atoms with Crippen LogP contribution in [0.15, 0.2) is 42.5 Å². The average molecular weight is 444 g/mol. The van der Waals surface area contributed by atoms with Crippen molar-refractivity contribution < 1.29 is 31.1 Å². The minimum Gasteiger partial charge on any atom is -0.491 e. The van der Waals surface area contributed by atoms with Crippen molar-refractivity contribution in [2.75, 3.05) is 24.7 Å². The van der Waals surface area contributed by atoms with Gasteiger partial charge in [-0.2, -0.15) is 13.2 Å². The number of hydrogen-bond acceptors (Lipinski definition) is 4. The first kappa shape index (κ1) is 23.7. The van der Waals surface area contributed by atoms with Crippen molar-refractivity contribution in [1.29, 1.82) is 0 Å². The summed E-state index contributed by atoms with van der Waals surface area (Å²) < 4.78 is 69.1. The third-order valence-electron chi connectivity index (χ3n) is 4.01. The van der Waals surface area contributed by atoms with Gasteiger partial charge in [-0.1, -0.05) is 19.1 Å². The maximum Gasteiger partial charge on any atom is 0.416 e. The molecule has 2 aromatic rings. The second kappa shape index (κ2) is 9.94. The van der Waals surface area contributed by atoms with Gasteiger partial charge >= 0.3 is 6.18 Å². The summed E-state index contributed by atoms with van der Waals surface area (Å²) in [4.78, 5) is 12.5.